The van der Waals surface area contributed by atoms with Crippen molar-refractivity contribution in [2.45, 2.75) is 4.52 Å². The first-order valence-electron chi connectivity index (χ1n) is 3.84. The van der Waals surface area contributed by atoms with Crippen LogP contribution in [0.1, 0.15) is 0 Å². The predicted molar refractivity (Wildman–Crippen MR) is 55.2 cm³/mol. The average molecular weight is 266 g/mol. The fourth-order valence-corrected chi connectivity index (χ4v) is 0.971. The molecular weight excluding hydrogens is 252 g/mol. The van der Waals surface area contributed by atoms with Gasteiger partial charge in [0.2, 0.25) is 0 Å². The fourth-order valence-electron chi connectivity index (χ4n) is 0.552. The summed E-state index contributed by atoms with van der Waals surface area (Å²) in [7, 11) is 5.90. The summed E-state index contributed by atoms with van der Waals surface area (Å²) < 4.78 is 7.39. The van der Waals surface area contributed by atoms with E-state index in [4.69, 9.17) is 39.8 Å². The molecule has 0 aromatic heterocycles. The molecule has 0 aliphatic carbocycles. The molecule has 14 heavy (non-hydrogen) atoms. The zero-order valence-electron chi connectivity index (χ0n) is 8.22. The molecule has 0 unspecified atom stereocenters. The van der Waals surface area contributed by atoms with E-state index in [1.807, 2.05) is 21.1 Å². The van der Waals surface area contributed by atoms with E-state index < -0.39 is 10.5 Å². The van der Waals surface area contributed by atoms with Crippen molar-refractivity contribution in [1.82, 2.24) is 0 Å². The zero-order chi connectivity index (χ0) is 11.4. The fraction of sp³-hybridized carbons (Fsp3) is 0.857. The topological polar surface area (TPSA) is 35.5 Å². The van der Waals surface area contributed by atoms with Crippen molar-refractivity contribution in [3.63, 3.8) is 0 Å². The first kappa shape index (κ1) is 14.3. The lowest BCUT2D eigenvalue weighted by atomic mass is 10.5. The summed E-state index contributed by atoms with van der Waals surface area (Å²) in [5, 5.41) is 0. The number of carbonyl (C=O) groups excluding carboxylic acids is 1. The molecule has 0 rings (SSSR count). The highest BCUT2D eigenvalue weighted by Gasteiger charge is 2.37. The highest BCUT2D eigenvalue weighted by atomic mass is 35.5. The molecule has 0 aromatic carbocycles. The van der Waals surface area contributed by atoms with Crippen molar-refractivity contribution in [2.75, 3.05) is 34.3 Å². The molecule has 0 bridgehead atoms. The van der Waals surface area contributed by atoms with Gasteiger partial charge in [-0.25, -0.2) is 4.79 Å². The van der Waals surface area contributed by atoms with Crippen molar-refractivity contribution in [3.05, 3.63) is 0 Å². The summed E-state index contributed by atoms with van der Waals surface area (Å²) in [6.45, 7) is 0.874. The van der Waals surface area contributed by atoms with Gasteiger partial charge in [-0.1, -0.05) is 23.2 Å². The first-order chi connectivity index (χ1) is 6.19. The van der Waals surface area contributed by atoms with Gasteiger partial charge in [0.1, 0.15) is 18.4 Å². The van der Waals surface area contributed by atoms with Crippen LogP contribution in [-0.4, -0.2) is 49.3 Å². The summed E-state index contributed by atoms with van der Waals surface area (Å²) in [5.74, 6) is -1.04. The van der Waals surface area contributed by atoms with Crippen LogP contribution in [0.3, 0.4) is 0 Å². The van der Waals surface area contributed by atoms with Crippen LogP contribution in [0.2, 0.25) is 0 Å². The number of rotatable bonds is 5. The van der Waals surface area contributed by atoms with Crippen LogP contribution < -0.4 is 0 Å². The number of alkyl halides is 2. The van der Waals surface area contributed by atoms with Crippen molar-refractivity contribution in [2.24, 2.45) is 0 Å². The molecule has 4 nitrogen and oxygen atoms in total. The monoisotopic (exact) mass is 264 g/mol. The van der Waals surface area contributed by atoms with E-state index in [1.165, 1.54) is 0 Å². The molecule has 0 atom stereocenters. The van der Waals surface area contributed by atoms with Crippen LogP contribution in [0.4, 0.5) is 0 Å². The highest BCUT2D eigenvalue weighted by molar-refractivity contribution is 6.56. The summed E-state index contributed by atoms with van der Waals surface area (Å²) >= 11 is 15.8. The van der Waals surface area contributed by atoms with Crippen LogP contribution in [0, 0.1) is 0 Å². The molecule has 0 aromatic rings. The van der Waals surface area contributed by atoms with Crippen LogP contribution in [0.15, 0.2) is 0 Å². The van der Waals surface area contributed by atoms with Gasteiger partial charge in [0.05, 0.1) is 27.7 Å². The second kappa shape index (κ2) is 5.37. The summed E-state index contributed by atoms with van der Waals surface area (Å²) in [5.41, 5.74) is 0. The van der Waals surface area contributed by atoms with Crippen LogP contribution in [-0.2, 0) is 13.8 Å². The summed E-state index contributed by atoms with van der Waals surface area (Å²) in [6, 6.07) is 0. The van der Waals surface area contributed by atoms with Crippen LogP contribution >= 0.6 is 35.1 Å². The molecule has 0 heterocycles. The van der Waals surface area contributed by atoms with E-state index in [2.05, 4.69) is 4.29 Å². The molecule has 0 aliphatic heterocycles. The normalized spacial score (nSPS) is 12.7. The third-order valence-corrected chi connectivity index (χ3v) is 2.02. The maximum Gasteiger partial charge on any atom is 0.389 e. The van der Waals surface area contributed by atoms with Gasteiger partial charge in [0.15, 0.2) is 0 Å². The Kier molecular flexibility index (Phi) is 5.47. The Hall–Kier alpha value is 0.260. The number of halogens is 3. The quantitative estimate of drug-likeness (QED) is 0.559. The number of nitrogens with zero attached hydrogens (tertiary/aromatic N) is 1. The standard InChI is InChI=1S/C7H13Cl3NO3/c1-11(2,3)4-5-13-7(8,9)6(12)14-10/h4-5H2,1-3H3/q+1. The summed E-state index contributed by atoms with van der Waals surface area (Å²) in [6.07, 6.45) is 0. The van der Waals surface area contributed by atoms with E-state index in [9.17, 15) is 4.79 Å². The zero-order valence-corrected chi connectivity index (χ0v) is 10.5. The van der Waals surface area contributed by atoms with E-state index >= 15 is 0 Å². The van der Waals surface area contributed by atoms with Crippen LogP contribution in [0.5, 0.6) is 0 Å². The SMILES string of the molecule is C[N+](C)(C)CCOC(Cl)(Cl)C(=O)OCl. The molecule has 7 heteroatoms. The molecule has 84 valence electrons. The lowest BCUT2D eigenvalue weighted by Gasteiger charge is -2.25. The molecular formula is C7H13Cl3NO3+. The Bertz CT molecular complexity index is 203. The maximum absolute atomic E-state index is 10.8. The molecule has 0 spiro atoms. The van der Waals surface area contributed by atoms with Gasteiger partial charge >= 0.3 is 10.5 Å². The number of hydrogen-bond acceptors (Lipinski definition) is 3. The minimum Gasteiger partial charge on any atom is -0.343 e. The highest BCUT2D eigenvalue weighted by Crippen LogP contribution is 2.24. The Morgan fingerprint density at radius 2 is 1.86 bits per heavy atom. The van der Waals surface area contributed by atoms with Crippen molar-refractivity contribution < 1.29 is 18.3 Å². The molecule has 0 radical (unpaired) electrons. The molecule has 0 amide bonds. The van der Waals surface area contributed by atoms with Gasteiger partial charge in [0, 0.05) is 0 Å². The minimum absolute atomic E-state index is 0.225. The summed E-state index contributed by atoms with van der Waals surface area (Å²) in [4.78, 5) is 10.8. The average Bonchev–Trinajstić information content (AvgIpc) is 2.00. The predicted octanol–water partition coefficient (Wildman–Crippen LogP) is 1.54. The van der Waals surface area contributed by atoms with Gasteiger partial charge in [-0.2, -0.15) is 0 Å². The largest absolute Gasteiger partial charge is 0.389 e. The Labute approximate surface area is 98.4 Å². The number of carbonyl (C=O) groups is 1. The van der Waals surface area contributed by atoms with Gasteiger partial charge in [0.25, 0.3) is 0 Å². The Morgan fingerprint density at radius 3 is 2.21 bits per heavy atom. The molecule has 0 saturated carbocycles. The minimum atomic E-state index is -2.03. The van der Waals surface area contributed by atoms with Crippen LogP contribution in [0.25, 0.3) is 0 Å². The maximum atomic E-state index is 10.8. The van der Waals surface area contributed by atoms with Crippen molar-refractivity contribution in [1.29, 1.82) is 0 Å². The Morgan fingerprint density at radius 1 is 1.36 bits per heavy atom. The van der Waals surface area contributed by atoms with Gasteiger partial charge in [-0.3, -0.25) is 0 Å². The van der Waals surface area contributed by atoms with E-state index in [0.717, 1.165) is 0 Å². The second-order valence-corrected chi connectivity index (χ2v) is 5.16. The van der Waals surface area contributed by atoms with Crippen molar-refractivity contribution in [3.8, 4) is 0 Å². The van der Waals surface area contributed by atoms with Gasteiger partial charge in [-0.05, 0) is 0 Å². The number of hydrogen-bond donors (Lipinski definition) is 0. The molecule has 0 fully saturated rings. The second-order valence-electron chi connectivity index (χ2n) is 3.74. The van der Waals surface area contributed by atoms with Gasteiger partial charge < -0.3 is 13.5 Å². The third-order valence-electron chi connectivity index (χ3n) is 1.35. The first-order valence-corrected chi connectivity index (χ1v) is 4.91. The van der Waals surface area contributed by atoms with E-state index in [0.29, 0.717) is 11.0 Å². The van der Waals surface area contributed by atoms with Gasteiger partial charge in [-0.15, -0.1) is 0 Å². The lowest BCUT2D eigenvalue weighted by molar-refractivity contribution is -0.870. The smallest absolute Gasteiger partial charge is 0.343 e. The Balaban J connectivity index is 3.94. The van der Waals surface area contributed by atoms with Crippen molar-refractivity contribution >= 4 is 41.0 Å². The molecule has 0 N–H and O–H groups in total. The number of quaternary nitrogens is 1. The van der Waals surface area contributed by atoms with E-state index in [-0.39, 0.29) is 6.61 Å². The lowest BCUT2D eigenvalue weighted by Crippen LogP contribution is -2.40. The molecule has 0 aliphatic rings. The van der Waals surface area contributed by atoms with E-state index in [1.54, 1.807) is 0 Å². The molecule has 0 saturated heterocycles. The number of likely N-dealkylation sites (N-methyl/N-ethyl adjacent to an activating group) is 1. The third kappa shape index (κ3) is 5.88. The number of ether oxygens (including phenoxy) is 1.